The van der Waals surface area contributed by atoms with Crippen LogP contribution in [0.25, 0.3) is 17.3 Å². The normalized spacial score (nSPS) is 11.8. The van der Waals surface area contributed by atoms with Gasteiger partial charge in [-0.3, -0.25) is 9.59 Å². The van der Waals surface area contributed by atoms with Crippen molar-refractivity contribution in [3.8, 4) is 17.0 Å². The summed E-state index contributed by atoms with van der Waals surface area (Å²) in [6.07, 6.45) is 3.10. The van der Waals surface area contributed by atoms with E-state index in [0.29, 0.717) is 5.13 Å². The second-order valence-electron chi connectivity index (χ2n) is 6.71. The lowest BCUT2D eigenvalue weighted by atomic mass is 10.1. The first-order chi connectivity index (χ1) is 14.5. The first-order valence-electron chi connectivity index (χ1n) is 9.41. The number of nitrogens with one attached hydrogen (secondary N) is 2. The van der Waals surface area contributed by atoms with Gasteiger partial charge in [0, 0.05) is 17.0 Å². The molecule has 0 fully saturated rings. The van der Waals surface area contributed by atoms with E-state index in [1.165, 1.54) is 17.4 Å². The molecule has 0 saturated heterocycles. The van der Waals surface area contributed by atoms with Gasteiger partial charge in [0.05, 0.1) is 12.8 Å². The number of carbonyl (C=O) groups is 2. The van der Waals surface area contributed by atoms with Crippen molar-refractivity contribution in [2.45, 2.75) is 19.9 Å². The largest absolute Gasteiger partial charge is 0.496 e. The molecule has 3 rings (SSSR count). The lowest BCUT2D eigenvalue weighted by Crippen LogP contribution is -2.40. The molecule has 154 valence electrons. The van der Waals surface area contributed by atoms with Crippen molar-refractivity contribution in [3.05, 3.63) is 71.1 Å². The van der Waals surface area contributed by atoms with Gasteiger partial charge in [-0.05, 0) is 37.6 Å². The van der Waals surface area contributed by atoms with Crippen molar-refractivity contribution in [3.63, 3.8) is 0 Å². The van der Waals surface area contributed by atoms with Gasteiger partial charge in [0.25, 0.3) is 0 Å². The van der Waals surface area contributed by atoms with Crippen LogP contribution in [-0.4, -0.2) is 29.9 Å². The van der Waals surface area contributed by atoms with E-state index in [1.54, 1.807) is 20.1 Å². The van der Waals surface area contributed by atoms with Gasteiger partial charge in [-0.2, -0.15) is 0 Å². The summed E-state index contributed by atoms with van der Waals surface area (Å²) in [5, 5.41) is 7.72. The number of benzene rings is 2. The predicted octanol–water partition coefficient (Wildman–Crippen LogP) is 4.28. The van der Waals surface area contributed by atoms with Crippen LogP contribution in [0.5, 0.6) is 5.75 Å². The molecule has 0 aliphatic rings. The fourth-order valence-electron chi connectivity index (χ4n) is 2.75. The molecule has 0 radical (unpaired) electrons. The fraction of sp³-hybridized carbons (Fsp3) is 0.174. The topological polar surface area (TPSA) is 80.3 Å². The average molecular weight is 422 g/mol. The number of aromatic nitrogens is 1. The molecule has 30 heavy (non-hydrogen) atoms. The Balaban J connectivity index is 1.60. The lowest BCUT2D eigenvalue weighted by Gasteiger charge is -2.11. The molecule has 1 unspecified atom stereocenters. The number of thiazole rings is 1. The fourth-order valence-corrected chi connectivity index (χ4v) is 3.47. The highest BCUT2D eigenvalue weighted by molar-refractivity contribution is 7.14. The Labute approximate surface area is 179 Å². The van der Waals surface area contributed by atoms with E-state index in [1.807, 2.05) is 60.8 Å². The summed E-state index contributed by atoms with van der Waals surface area (Å²) in [5.41, 5.74) is 3.58. The van der Waals surface area contributed by atoms with E-state index in [2.05, 4.69) is 15.6 Å². The second kappa shape index (κ2) is 9.84. The zero-order chi connectivity index (χ0) is 21.5. The van der Waals surface area contributed by atoms with Crippen molar-refractivity contribution in [1.82, 2.24) is 10.3 Å². The van der Waals surface area contributed by atoms with Crippen LogP contribution in [0, 0.1) is 6.92 Å². The number of carbonyl (C=O) groups excluding carboxylic acids is 2. The number of ether oxygens (including phenoxy) is 1. The minimum absolute atomic E-state index is 0.339. The number of nitrogens with zero attached hydrogens (tertiary/aromatic N) is 1. The number of methoxy groups -OCH3 is 1. The highest BCUT2D eigenvalue weighted by atomic mass is 32.1. The summed E-state index contributed by atoms with van der Waals surface area (Å²) in [7, 11) is 1.61. The predicted molar refractivity (Wildman–Crippen MR) is 121 cm³/mol. The molecular weight excluding hydrogens is 398 g/mol. The molecule has 2 amide bonds. The van der Waals surface area contributed by atoms with E-state index in [9.17, 15) is 9.59 Å². The van der Waals surface area contributed by atoms with Crippen LogP contribution in [0.3, 0.4) is 0 Å². The van der Waals surface area contributed by atoms with Crippen LogP contribution in [-0.2, 0) is 9.59 Å². The molecule has 7 heteroatoms. The van der Waals surface area contributed by atoms with Crippen molar-refractivity contribution in [2.75, 3.05) is 12.4 Å². The maximum atomic E-state index is 12.4. The SMILES string of the molecule is COc1ccc(C)cc1-c1csc(NC(=O)C(C)NC(=O)/C=C/c2ccccc2)n1. The van der Waals surface area contributed by atoms with Crippen LogP contribution in [0.2, 0.25) is 0 Å². The molecule has 6 nitrogen and oxygen atoms in total. The van der Waals surface area contributed by atoms with Crippen molar-refractivity contribution in [1.29, 1.82) is 0 Å². The van der Waals surface area contributed by atoms with Crippen LogP contribution in [0.1, 0.15) is 18.1 Å². The van der Waals surface area contributed by atoms with Gasteiger partial charge in [0.15, 0.2) is 5.13 Å². The van der Waals surface area contributed by atoms with Gasteiger partial charge in [0.1, 0.15) is 11.8 Å². The minimum atomic E-state index is -0.709. The average Bonchev–Trinajstić information content (AvgIpc) is 3.21. The molecule has 0 spiro atoms. The molecular formula is C23H23N3O3S. The van der Waals surface area contributed by atoms with Gasteiger partial charge in [-0.1, -0.05) is 42.0 Å². The maximum Gasteiger partial charge on any atom is 0.248 e. The van der Waals surface area contributed by atoms with Crippen LogP contribution in [0.4, 0.5) is 5.13 Å². The first kappa shape index (κ1) is 21.3. The molecule has 1 aromatic heterocycles. The number of aryl methyl sites for hydroxylation is 1. The lowest BCUT2D eigenvalue weighted by molar-refractivity contribution is -0.123. The zero-order valence-corrected chi connectivity index (χ0v) is 17.8. The standard InChI is InChI=1S/C23H23N3O3S/c1-15-9-11-20(29-3)18(13-15)19-14-30-23(25-19)26-22(28)16(2)24-21(27)12-10-17-7-5-4-6-8-17/h4-14,16H,1-3H3,(H,24,27)(H,25,26,28)/b12-10+. The minimum Gasteiger partial charge on any atom is -0.496 e. The third-order valence-electron chi connectivity index (χ3n) is 4.34. The summed E-state index contributed by atoms with van der Waals surface area (Å²) >= 11 is 1.32. The number of hydrogen-bond donors (Lipinski definition) is 2. The summed E-state index contributed by atoms with van der Waals surface area (Å²) in [6.45, 7) is 3.62. The van der Waals surface area contributed by atoms with E-state index in [4.69, 9.17) is 4.74 Å². The smallest absolute Gasteiger partial charge is 0.248 e. The Kier molecular flexibility index (Phi) is 6.98. The molecule has 0 aliphatic carbocycles. The summed E-state index contributed by atoms with van der Waals surface area (Å²) in [4.78, 5) is 29.0. The number of hydrogen-bond acceptors (Lipinski definition) is 5. The Bertz CT molecular complexity index is 1060. The van der Waals surface area contributed by atoms with Gasteiger partial charge in [-0.25, -0.2) is 4.98 Å². The van der Waals surface area contributed by atoms with E-state index < -0.39 is 6.04 Å². The first-order valence-corrected chi connectivity index (χ1v) is 10.3. The molecule has 1 atom stereocenters. The molecule has 0 saturated carbocycles. The number of anilines is 1. The van der Waals surface area contributed by atoms with Gasteiger partial charge in [0.2, 0.25) is 11.8 Å². The van der Waals surface area contributed by atoms with E-state index in [-0.39, 0.29) is 11.8 Å². The number of amides is 2. The third-order valence-corrected chi connectivity index (χ3v) is 5.10. The maximum absolute atomic E-state index is 12.4. The monoisotopic (exact) mass is 421 g/mol. The Morgan fingerprint density at radius 1 is 1.17 bits per heavy atom. The van der Waals surface area contributed by atoms with E-state index in [0.717, 1.165) is 28.1 Å². The summed E-state index contributed by atoms with van der Waals surface area (Å²) < 4.78 is 5.41. The molecule has 2 N–H and O–H groups in total. The zero-order valence-electron chi connectivity index (χ0n) is 17.0. The molecule has 0 bridgehead atoms. The van der Waals surface area contributed by atoms with Crippen LogP contribution >= 0.6 is 11.3 Å². The van der Waals surface area contributed by atoms with Crippen LogP contribution < -0.4 is 15.4 Å². The third kappa shape index (κ3) is 5.55. The Morgan fingerprint density at radius 2 is 1.93 bits per heavy atom. The van der Waals surface area contributed by atoms with Crippen LogP contribution in [0.15, 0.2) is 60.0 Å². The highest BCUT2D eigenvalue weighted by Crippen LogP contribution is 2.32. The molecule has 2 aromatic carbocycles. The van der Waals surface area contributed by atoms with E-state index >= 15 is 0 Å². The summed E-state index contributed by atoms with van der Waals surface area (Å²) in [6, 6.07) is 14.6. The Hall–Kier alpha value is -3.45. The quantitative estimate of drug-likeness (QED) is 0.558. The summed E-state index contributed by atoms with van der Waals surface area (Å²) in [5.74, 6) is 0.0361. The van der Waals surface area contributed by atoms with Gasteiger partial charge >= 0.3 is 0 Å². The second-order valence-corrected chi connectivity index (χ2v) is 7.56. The highest BCUT2D eigenvalue weighted by Gasteiger charge is 2.17. The number of rotatable bonds is 7. The molecule has 1 heterocycles. The van der Waals surface area contributed by atoms with Gasteiger partial charge in [-0.15, -0.1) is 11.3 Å². The molecule has 0 aliphatic heterocycles. The van der Waals surface area contributed by atoms with Crippen molar-refractivity contribution < 1.29 is 14.3 Å². The Morgan fingerprint density at radius 3 is 2.67 bits per heavy atom. The molecule has 3 aromatic rings. The van der Waals surface area contributed by atoms with Crippen molar-refractivity contribution in [2.24, 2.45) is 0 Å². The van der Waals surface area contributed by atoms with Crippen molar-refractivity contribution >= 4 is 34.4 Å². The van der Waals surface area contributed by atoms with Gasteiger partial charge < -0.3 is 15.4 Å².